The Bertz CT molecular complexity index is 444. The van der Waals surface area contributed by atoms with Crippen LogP contribution in [0.25, 0.3) is 11.7 Å². The van der Waals surface area contributed by atoms with Gasteiger partial charge >= 0.3 is 0 Å². The summed E-state index contributed by atoms with van der Waals surface area (Å²) in [5.74, 6) is 0.749. The summed E-state index contributed by atoms with van der Waals surface area (Å²) in [7, 11) is 0. The molecule has 0 fully saturated rings. The molecule has 0 aliphatic carbocycles. The van der Waals surface area contributed by atoms with Crippen molar-refractivity contribution in [1.29, 1.82) is 0 Å². The van der Waals surface area contributed by atoms with Crippen LogP contribution in [0.3, 0.4) is 0 Å². The lowest BCUT2D eigenvalue weighted by molar-refractivity contribution is 0.508. The maximum atomic E-state index is 5.54. The minimum absolute atomic E-state index is 0.206. The molecular weight excluding hydrogens is 200 g/mol. The molecule has 0 unspecified atom stereocenters. The first-order valence-corrected chi connectivity index (χ1v) is 3.85. The smallest absolute Gasteiger partial charge is 0.284 e. The van der Waals surface area contributed by atoms with Gasteiger partial charge in [-0.3, -0.25) is 0 Å². The molecule has 0 aliphatic rings. The number of hydrogen-bond acceptors (Lipinski definition) is 4. The first-order chi connectivity index (χ1) is 5.75. The van der Waals surface area contributed by atoms with Crippen molar-refractivity contribution < 1.29 is 8.83 Å². The first-order valence-electron chi connectivity index (χ1n) is 3.07. The normalized spacial score (nSPS) is 10.4. The van der Waals surface area contributed by atoms with Crippen LogP contribution < -0.4 is 0 Å². The van der Waals surface area contributed by atoms with Gasteiger partial charge in [-0.05, 0) is 36.0 Å². The standard InChI is InChI=1S/C6H3ClN2O2S/c7-4-2-1-3(10-4)5-8-9-6(12)11-5/h1-2H,(H,9,12). The molecule has 0 saturated heterocycles. The number of aromatic nitrogens is 2. The van der Waals surface area contributed by atoms with Gasteiger partial charge < -0.3 is 8.83 Å². The van der Waals surface area contributed by atoms with Crippen molar-refractivity contribution in [3.05, 3.63) is 22.2 Å². The number of furan rings is 1. The average Bonchev–Trinajstić information content (AvgIpc) is 2.58. The zero-order valence-corrected chi connectivity index (χ0v) is 7.28. The van der Waals surface area contributed by atoms with E-state index in [0.717, 1.165) is 0 Å². The highest BCUT2D eigenvalue weighted by molar-refractivity contribution is 7.71. The Balaban J connectivity index is 2.50. The predicted octanol–water partition coefficient (Wildman–Crippen LogP) is 2.65. The fourth-order valence-corrected chi connectivity index (χ4v) is 1.04. The third-order valence-corrected chi connectivity index (χ3v) is 1.60. The summed E-state index contributed by atoms with van der Waals surface area (Å²) in [6.45, 7) is 0. The maximum Gasteiger partial charge on any atom is 0.284 e. The van der Waals surface area contributed by atoms with E-state index in [1.165, 1.54) is 0 Å². The van der Waals surface area contributed by atoms with Crippen LogP contribution in [0.2, 0.25) is 5.22 Å². The Kier molecular flexibility index (Phi) is 1.74. The number of H-pyrrole nitrogens is 1. The van der Waals surface area contributed by atoms with Gasteiger partial charge in [0, 0.05) is 0 Å². The largest absolute Gasteiger partial charge is 0.440 e. The molecule has 12 heavy (non-hydrogen) atoms. The van der Waals surface area contributed by atoms with E-state index in [4.69, 9.17) is 20.4 Å². The number of nitrogens with zero attached hydrogens (tertiary/aromatic N) is 1. The zero-order chi connectivity index (χ0) is 8.55. The lowest BCUT2D eigenvalue weighted by Gasteiger charge is -1.83. The summed E-state index contributed by atoms with van der Waals surface area (Å²) in [5.41, 5.74) is 0. The third-order valence-electron chi connectivity index (χ3n) is 1.22. The second-order valence-electron chi connectivity index (χ2n) is 2.02. The molecule has 62 valence electrons. The van der Waals surface area contributed by atoms with Crippen molar-refractivity contribution in [3.63, 3.8) is 0 Å². The number of hydrogen-bond donors (Lipinski definition) is 1. The predicted molar refractivity (Wildman–Crippen MR) is 44.4 cm³/mol. The maximum absolute atomic E-state index is 5.54. The molecule has 4 nitrogen and oxygen atoms in total. The van der Waals surface area contributed by atoms with Crippen LogP contribution >= 0.6 is 23.8 Å². The summed E-state index contributed by atoms with van der Waals surface area (Å²) in [4.78, 5) is 0.206. The molecule has 1 N–H and O–H groups in total. The summed E-state index contributed by atoms with van der Waals surface area (Å²) in [5, 5.41) is 6.51. The zero-order valence-electron chi connectivity index (χ0n) is 5.70. The minimum Gasteiger partial charge on any atom is -0.440 e. The molecule has 2 aromatic heterocycles. The fourth-order valence-electron chi connectivity index (χ4n) is 0.764. The highest BCUT2D eigenvalue weighted by atomic mass is 35.5. The molecule has 0 saturated carbocycles. The van der Waals surface area contributed by atoms with Gasteiger partial charge in [-0.25, -0.2) is 5.10 Å². The third kappa shape index (κ3) is 1.28. The van der Waals surface area contributed by atoms with E-state index in [1.54, 1.807) is 12.1 Å². The molecule has 0 atom stereocenters. The van der Waals surface area contributed by atoms with Crippen LogP contribution in [0.15, 0.2) is 21.0 Å². The van der Waals surface area contributed by atoms with Crippen LogP contribution in [-0.2, 0) is 0 Å². The molecule has 0 bridgehead atoms. The van der Waals surface area contributed by atoms with Gasteiger partial charge in [0.15, 0.2) is 11.0 Å². The van der Waals surface area contributed by atoms with Gasteiger partial charge in [-0.2, -0.15) is 0 Å². The molecule has 0 amide bonds. The summed E-state index contributed by atoms with van der Waals surface area (Å²) < 4.78 is 10.0. The highest BCUT2D eigenvalue weighted by Crippen LogP contribution is 2.22. The summed E-state index contributed by atoms with van der Waals surface area (Å²) >= 11 is 10.2. The summed E-state index contributed by atoms with van der Waals surface area (Å²) in [6, 6.07) is 3.25. The minimum atomic E-state index is 0.206. The van der Waals surface area contributed by atoms with Crippen molar-refractivity contribution in [3.8, 4) is 11.7 Å². The quantitative estimate of drug-likeness (QED) is 0.723. The lowest BCUT2D eigenvalue weighted by atomic mass is 10.5. The summed E-state index contributed by atoms with van der Waals surface area (Å²) in [6.07, 6.45) is 0. The Labute approximate surface area is 77.1 Å². The molecule has 6 heteroatoms. The van der Waals surface area contributed by atoms with Crippen LogP contribution in [0, 0.1) is 4.84 Å². The van der Waals surface area contributed by atoms with E-state index in [-0.39, 0.29) is 10.1 Å². The second kappa shape index (κ2) is 2.76. The van der Waals surface area contributed by atoms with Crippen molar-refractivity contribution in [1.82, 2.24) is 10.2 Å². The van der Waals surface area contributed by atoms with Gasteiger partial charge in [-0.1, -0.05) is 0 Å². The molecule has 0 spiro atoms. The van der Waals surface area contributed by atoms with E-state index in [1.807, 2.05) is 0 Å². The molecule has 2 rings (SSSR count). The molecule has 0 aliphatic heterocycles. The fraction of sp³-hybridized carbons (Fsp3) is 0. The Morgan fingerprint density at radius 1 is 1.42 bits per heavy atom. The number of aromatic amines is 1. The van der Waals surface area contributed by atoms with Crippen molar-refractivity contribution in [2.24, 2.45) is 0 Å². The van der Waals surface area contributed by atoms with Gasteiger partial charge in [0.25, 0.3) is 10.7 Å². The van der Waals surface area contributed by atoms with E-state index in [2.05, 4.69) is 22.4 Å². The monoisotopic (exact) mass is 202 g/mol. The first kappa shape index (κ1) is 7.57. The van der Waals surface area contributed by atoms with Crippen molar-refractivity contribution in [2.75, 3.05) is 0 Å². The lowest BCUT2D eigenvalue weighted by Crippen LogP contribution is -1.71. The van der Waals surface area contributed by atoms with E-state index >= 15 is 0 Å². The molecular formula is C6H3ClN2O2S. The van der Waals surface area contributed by atoms with Gasteiger partial charge in [0.05, 0.1) is 0 Å². The van der Waals surface area contributed by atoms with Crippen LogP contribution in [-0.4, -0.2) is 10.2 Å². The molecule has 2 heterocycles. The Morgan fingerprint density at radius 2 is 2.25 bits per heavy atom. The van der Waals surface area contributed by atoms with Gasteiger partial charge in [-0.15, -0.1) is 5.10 Å². The van der Waals surface area contributed by atoms with Gasteiger partial charge in [0.1, 0.15) is 0 Å². The molecule has 0 aromatic carbocycles. The van der Waals surface area contributed by atoms with Crippen molar-refractivity contribution in [2.45, 2.75) is 0 Å². The highest BCUT2D eigenvalue weighted by Gasteiger charge is 2.07. The molecule has 0 radical (unpaired) electrons. The average molecular weight is 203 g/mol. The SMILES string of the molecule is S=c1[nH]nc(-c2ccc(Cl)o2)o1. The number of halogens is 1. The topological polar surface area (TPSA) is 55.0 Å². The number of nitrogens with one attached hydrogen (secondary N) is 1. The van der Waals surface area contributed by atoms with E-state index in [9.17, 15) is 0 Å². The molecule has 2 aromatic rings. The van der Waals surface area contributed by atoms with E-state index < -0.39 is 0 Å². The van der Waals surface area contributed by atoms with Gasteiger partial charge in [0.2, 0.25) is 0 Å². The van der Waals surface area contributed by atoms with Crippen LogP contribution in [0.1, 0.15) is 0 Å². The number of rotatable bonds is 1. The second-order valence-corrected chi connectivity index (χ2v) is 2.77. The van der Waals surface area contributed by atoms with E-state index in [0.29, 0.717) is 11.7 Å². The Morgan fingerprint density at radius 3 is 2.75 bits per heavy atom. The Hall–Kier alpha value is -1.07. The van der Waals surface area contributed by atoms with Crippen molar-refractivity contribution >= 4 is 23.8 Å². The van der Waals surface area contributed by atoms with Crippen LogP contribution in [0.5, 0.6) is 0 Å². The van der Waals surface area contributed by atoms with Crippen LogP contribution in [0.4, 0.5) is 0 Å².